The molecule has 0 radical (unpaired) electrons. The van der Waals surface area contributed by atoms with Gasteiger partial charge >= 0.3 is 0 Å². The molecular formula is C19H18Br2N2S. The van der Waals surface area contributed by atoms with Crippen LogP contribution >= 0.6 is 43.6 Å². The van der Waals surface area contributed by atoms with Gasteiger partial charge in [-0.05, 0) is 45.6 Å². The molecule has 1 unspecified atom stereocenters. The summed E-state index contributed by atoms with van der Waals surface area (Å²) in [4.78, 5) is 4.22. The van der Waals surface area contributed by atoms with Crippen LogP contribution in [-0.4, -0.2) is 15.3 Å². The molecule has 0 amide bonds. The number of nitrogens with zero attached hydrogens (tertiary/aromatic N) is 2. The Labute approximate surface area is 164 Å². The first-order chi connectivity index (χ1) is 11.7. The number of benzene rings is 2. The molecule has 0 fully saturated rings. The Hall–Kier alpha value is -1.04. The Morgan fingerprint density at radius 2 is 1.75 bits per heavy atom. The van der Waals surface area contributed by atoms with Crippen molar-refractivity contribution in [3.63, 3.8) is 0 Å². The third-order valence-corrected chi connectivity index (χ3v) is 6.89. The molecule has 5 heteroatoms. The lowest BCUT2D eigenvalue weighted by Crippen LogP contribution is -2.25. The smallest absolute Gasteiger partial charge is 0.151 e. The minimum absolute atomic E-state index is 0.230. The summed E-state index contributed by atoms with van der Waals surface area (Å²) in [7, 11) is 0. The molecule has 0 bridgehead atoms. The first-order valence-electron chi connectivity index (χ1n) is 7.75. The monoisotopic (exact) mass is 464 g/mol. The van der Waals surface area contributed by atoms with E-state index in [1.54, 1.807) is 0 Å². The van der Waals surface area contributed by atoms with Gasteiger partial charge in [0.2, 0.25) is 0 Å². The maximum Gasteiger partial charge on any atom is 0.151 e. The fraction of sp³-hybridized carbons (Fsp3) is 0.211. The number of aromatic nitrogens is 2. The molecule has 0 spiro atoms. The molecule has 2 nitrogen and oxygen atoms in total. The van der Waals surface area contributed by atoms with Crippen molar-refractivity contribution < 1.29 is 0 Å². The molecule has 3 rings (SSSR count). The molecule has 1 atom stereocenters. The highest BCUT2D eigenvalue weighted by molar-refractivity contribution is 9.11. The number of hydrogen-bond donors (Lipinski definition) is 0. The molecule has 0 saturated carbocycles. The molecule has 1 heterocycles. The molecule has 3 aromatic rings. The van der Waals surface area contributed by atoms with Crippen molar-refractivity contribution in [1.82, 2.24) is 9.55 Å². The first-order valence-corrected chi connectivity index (χ1v) is 10.3. The quantitative estimate of drug-likeness (QED) is 0.406. The Morgan fingerprint density at radius 3 is 2.42 bits per heavy atom. The van der Waals surface area contributed by atoms with Crippen molar-refractivity contribution in [3.05, 3.63) is 88.9 Å². The standard InChI is InChI=1S/C19H18Br2N2S/c20-18-8-6-17(7-9-18)14-19(21,23-12-11-22-15-23)24-13-10-16-4-2-1-3-5-16/h1-9,11-12,15H,10,13-14H2. The highest BCUT2D eigenvalue weighted by Gasteiger charge is 2.29. The molecule has 0 N–H and O–H groups in total. The fourth-order valence-corrected chi connectivity index (χ4v) is 4.96. The lowest BCUT2D eigenvalue weighted by atomic mass is 10.1. The Bertz CT molecular complexity index is 745. The van der Waals surface area contributed by atoms with E-state index in [0.717, 1.165) is 23.1 Å². The third kappa shape index (κ3) is 4.74. The van der Waals surface area contributed by atoms with E-state index in [0.29, 0.717) is 0 Å². The summed E-state index contributed by atoms with van der Waals surface area (Å²) in [6.45, 7) is 0. The van der Waals surface area contributed by atoms with Crippen molar-refractivity contribution in [2.45, 2.75) is 16.6 Å². The van der Waals surface area contributed by atoms with Crippen molar-refractivity contribution >= 4 is 43.6 Å². The van der Waals surface area contributed by atoms with Gasteiger partial charge in [0.1, 0.15) is 0 Å². The van der Waals surface area contributed by atoms with E-state index in [4.69, 9.17) is 0 Å². The number of thioether (sulfide) groups is 1. The largest absolute Gasteiger partial charge is 0.312 e. The molecule has 2 aromatic carbocycles. The van der Waals surface area contributed by atoms with Gasteiger partial charge in [0.25, 0.3) is 0 Å². The zero-order valence-corrected chi connectivity index (χ0v) is 17.1. The molecule has 0 aliphatic heterocycles. The van der Waals surface area contributed by atoms with Crippen LogP contribution in [0.15, 0.2) is 77.8 Å². The van der Waals surface area contributed by atoms with Gasteiger partial charge in [-0.2, -0.15) is 0 Å². The Morgan fingerprint density at radius 1 is 1.00 bits per heavy atom. The van der Waals surface area contributed by atoms with Crippen molar-refractivity contribution in [2.75, 3.05) is 5.75 Å². The number of imidazole rings is 1. The highest BCUT2D eigenvalue weighted by atomic mass is 79.9. The zero-order chi connectivity index (χ0) is 16.8. The van der Waals surface area contributed by atoms with Crippen LogP contribution in [0.3, 0.4) is 0 Å². The van der Waals surface area contributed by atoms with Crippen molar-refractivity contribution in [2.24, 2.45) is 0 Å². The topological polar surface area (TPSA) is 17.8 Å². The van der Waals surface area contributed by atoms with E-state index in [2.05, 4.69) is 96.0 Å². The second kappa shape index (κ2) is 8.37. The van der Waals surface area contributed by atoms with Crippen LogP contribution in [0.5, 0.6) is 0 Å². The second-order valence-electron chi connectivity index (χ2n) is 5.55. The van der Waals surface area contributed by atoms with E-state index in [9.17, 15) is 0 Å². The summed E-state index contributed by atoms with van der Waals surface area (Å²) in [5.41, 5.74) is 2.66. The second-order valence-corrected chi connectivity index (χ2v) is 9.67. The predicted molar refractivity (Wildman–Crippen MR) is 110 cm³/mol. The van der Waals surface area contributed by atoms with Gasteiger partial charge in [0.05, 0.1) is 6.33 Å². The lowest BCUT2D eigenvalue weighted by Gasteiger charge is -2.29. The van der Waals surface area contributed by atoms with Crippen LogP contribution in [0.2, 0.25) is 0 Å². The van der Waals surface area contributed by atoms with Gasteiger partial charge in [-0.1, -0.05) is 58.4 Å². The van der Waals surface area contributed by atoms with Gasteiger partial charge in [-0.15, -0.1) is 11.8 Å². The minimum atomic E-state index is -0.230. The normalized spacial score (nSPS) is 13.6. The first kappa shape index (κ1) is 17.8. The zero-order valence-electron chi connectivity index (χ0n) is 13.1. The average Bonchev–Trinajstić information content (AvgIpc) is 3.13. The highest BCUT2D eigenvalue weighted by Crippen LogP contribution is 2.41. The molecule has 124 valence electrons. The van der Waals surface area contributed by atoms with Gasteiger partial charge in [0.15, 0.2) is 3.78 Å². The molecule has 24 heavy (non-hydrogen) atoms. The van der Waals surface area contributed by atoms with Crippen LogP contribution in [-0.2, 0) is 16.6 Å². The summed E-state index contributed by atoms with van der Waals surface area (Å²) in [6, 6.07) is 19.1. The van der Waals surface area contributed by atoms with E-state index in [-0.39, 0.29) is 3.78 Å². The average molecular weight is 466 g/mol. The van der Waals surface area contributed by atoms with Crippen molar-refractivity contribution in [3.8, 4) is 0 Å². The van der Waals surface area contributed by atoms with Crippen LogP contribution < -0.4 is 0 Å². The summed E-state index contributed by atoms with van der Waals surface area (Å²) in [5.74, 6) is 1.03. The van der Waals surface area contributed by atoms with E-state index < -0.39 is 0 Å². The predicted octanol–water partition coefficient (Wildman–Crippen LogP) is 5.87. The van der Waals surface area contributed by atoms with Gasteiger partial charge in [0, 0.05) is 29.0 Å². The van der Waals surface area contributed by atoms with Crippen LogP contribution in [0.1, 0.15) is 11.1 Å². The van der Waals surface area contributed by atoms with Gasteiger partial charge < -0.3 is 4.57 Å². The molecule has 0 aliphatic carbocycles. The number of aryl methyl sites for hydroxylation is 1. The summed E-state index contributed by atoms with van der Waals surface area (Å²) >= 11 is 9.38. The van der Waals surface area contributed by atoms with E-state index >= 15 is 0 Å². The number of rotatable bonds is 7. The SMILES string of the molecule is Brc1ccc(CC(Br)(SCCc2ccccc2)n2ccnc2)cc1. The Kier molecular flexibility index (Phi) is 6.19. The molecule has 0 saturated heterocycles. The maximum absolute atomic E-state index is 4.22. The fourth-order valence-electron chi connectivity index (χ4n) is 2.50. The summed E-state index contributed by atoms with van der Waals surface area (Å²) in [6.07, 6.45) is 7.66. The van der Waals surface area contributed by atoms with E-state index in [1.807, 2.05) is 30.5 Å². The van der Waals surface area contributed by atoms with Gasteiger partial charge in [-0.3, -0.25) is 0 Å². The molecule has 1 aromatic heterocycles. The van der Waals surface area contributed by atoms with Gasteiger partial charge in [-0.25, -0.2) is 4.98 Å². The molecular weight excluding hydrogens is 448 g/mol. The minimum Gasteiger partial charge on any atom is -0.312 e. The molecule has 0 aliphatic rings. The number of alkyl halides is 1. The number of halogens is 2. The van der Waals surface area contributed by atoms with Crippen LogP contribution in [0, 0.1) is 0 Å². The van der Waals surface area contributed by atoms with Crippen LogP contribution in [0.25, 0.3) is 0 Å². The maximum atomic E-state index is 4.22. The third-order valence-electron chi connectivity index (χ3n) is 3.78. The van der Waals surface area contributed by atoms with Crippen molar-refractivity contribution in [1.29, 1.82) is 0 Å². The lowest BCUT2D eigenvalue weighted by molar-refractivity contribution is 0.630. The van der Waals surface area contributed by atoms with E-state index in [1.165, 1.54) is 11.1 Å². The summed E-state index contributed by atoms with van der Waals surface area (Å²) in [5, 5.41) is 0. The van der Waals surface area contributed by atoms with Crippen LogP contribution in [0.4, 0.5) is 0 Å². The number of hydrogen-bond acceptors (Lipinski definition) is 2. The Balaban J connectivity index is 1.72. The summed E-state index contributed by atoms with van der Waals surface area (Å²) < 4.78 is 3.02.